The highest BCUT2D eigenvalue weighted by Crippen LogP contribution is 2.32. The fraction of sp³-hybridized carbons (Fsp3) is 0.348. The van der Waals surface area contributed by atoms with Crippen LogP contribution < -0.4 is 10.1 Å². The van der Waals surface area contributed by atoms with Crippen LogP contribution in [0.1, 0.15) is 51.5 Å². The second-order valence-corrected chi connectivity index (χ2v) is 10.3. The molecule has 1 aliphatic carbocycles. The molecule has 36 heavy (non-hydrogen) atoms. The lowest BCUT2D eigenvalue weighted by Crippen LogP contribution is -2.28. The van der Waals surface area contributed by atoms with E-state index < -0.39 is 24.1 Å². The van der Waals surface area contributed by atoms with Crippen LogP contribution in [0.25, 0.3) is 10.7 Å². The zero-order valence-electron chi connectivity index (χ0n) is 19.2. The Balaban J connectivity index is 1.51. The van der Waals surface area contributed by atoms with Crippen LogP contribution in [0.4, 0.5) is 13.2 Å². The van der Waals surface area contributed by atoms with Gasteiger partial charge in [-0.15, -0.1) is 24.5 Å². The van der Waals surface area contributed by atoms with E-state index in [1.54, 1.807) is 18.9 Å². The van der Waals surface area contributed by atoms with Crippen molar-refractivity contribution in [2.75, 3.05) is 13.6 Å². The number of hydrogen-bond donors (Lipinski definition) is 1. The summed E-state index contributed by atoms with van der Waals surface area (Å²) >= 11 is 4.27. The van der Waals surface area contributed by atoms with Crippen molar-refractivity contribution >= 4 is 39.1 Å². The number of carbonyl (C=O) groups is 2. The topological polar surface area (TPSA) is 97.3 Å². The SMILES string of the molecule is CC(NC(=O)c1cc(Br)cc(OC(F)(F)F)c1)c1nccnc1-c1ncc(C(=O)N(C)CC2CC2)s1. The fourth-order valence-electron chi connectivity index (χ4n) is 3.51. The van der Waals surface area contributed by atoms with E-state index in [4.69, 9.17) is 0 Å². The van der Waals surface area contributed by atoms with Gasteiger partial charge in [-0.05, 0) is 43.9 Å². The van der Waals surface area contributed by atoms with Gasteiger partial charge in [-0.25, -0.2) is 4.98 Å². The number of halogens is 4. The van der Waals surface area contributed by atoms with Gasteiger partial charge in [-0.3, -0.25) is 19.6 Å². The zero-order chi connectivity index (χ0) is 26.0. The van der Waals surface area contributed by atoms with Crippen molar-refractivity contribution in [3.8, 4) is 16.5 Å². The lowest BCUT2D eigenvalue weighted by Gasteiger charge is -2.16. The maximum Gasteiger partial charge on any atom is 0.573 e. The highest BCUT2D eigenvalue weighted by molar-refractivity contribution is 9.10. The van der Waals surface area contributed by atoms with Gasteiger partial charge >= 0.3 is 6.36 Å². The number of nitrogens with zero attached hydrogens (tertiary/aromatic N) is 4. The largest absolute Gasteiger partial charge is 0.573 e. The van der Waals surface area contributed by atoms with E-state index in [1.807, 2.05) is 0 Å². The van der Waals surface area contributed by atoms with Gasteiger partial charge in [0.15, 0.2) is 0 Å². The normalized spacial score (nSPS) is 14.3. The number of alkyl halides is 3. The maximum absolute atomic E-state index is 12.8. The minimum absolute atomic E-state index is 0.0400. The standard InChI is InChI=1S/C23H21BrF3N5O3S/c1-12(31-20(33)14-7-15(24)9-16(8-14)35-23(25,26)27)18-19(29-6-5-28-18)21-30-10-17(36-21)22(34)32(2)11-13-3-4-13/h5-10,12-13H,3-4,11H2,1-2H3,(H,31,33). The third kappa shape index (κ3) is 6.58. The third-order valence-corrected chi connectivity index (χ3v) is 6.80. The van der Waals surface area contributed by atoms with Crippen molar-refractivity contribution in [2.45, 2.75) is 32.2 Å². The summed E-state index contributed by atoms with van der Waals surface area (Å²) in [6.07, 6.45) is 1.81. The van der Waals surface area contributed by atoms with Crippen LogP contribution in [0.2, 0.25) is 0 Å². The van der Waals surface area contributed by atoms with Crippen molar-refractivity contribution in [3.63, 3.8) is 0 Å². The maximum atomic E-state index is 12.8. The van der Waals surface area contributed by atoms with E-state index in [-0.39, 0.29) is 15.9 Å². The Labute approximate surface area is 217 Å². The lowest BCUT2D eigenvalue weighted by atomic mass is 10.1. The van der Waals surface area contributed by atoms with Gasteiger partial charge in [-0.1, -0.05) is 15.9 Å². The monoisotopic (exact) mass is 583 g/mol. The smallest absolute Gasteiger partial charge is 0.406 e. The van der Waals surface area contributed by atoms with Gasteiger partial charge < -0.3 is 15.0 Å². The van der Waals surface area contributed by atoms with Gasteiger partial charge in [0.25, 0.3) is 11.8 Å². The molecule has 1 fully saturated rings. The second kappa shape index (κ2) is 10.5. The van der Waals surface area contributed by atoms with Crippen molar-refractivity contribution in [3.05, 3.63) is 57.4 Å². The van der Waals surface area contributed by atoms with Crippen molar-refractivity contribution in [2.24, 2.45) is 5.92 Å². The number of carbonyl (C=O) groups excluding carboxylic acids is 2. The molecular formula is C23H21BrF3N5O3S. The van der Waals surface area contributed by atoms with Crippen LogP contribution in [0.3, 0.4) is 0 Å². The van der Waals surface area contributed by atoms with Gasteiger partial charge in [0.1, 0.15) is 21.3 Å². The summed E-state index contributed by atoms with van der Waals surface area (Å²) in [7, 11) is 1.76. The van der Waals surface area contributed by atoms with Gasteiger partial charge in [-0.2, -0.15) is 0 Å². The number of benzene rings is 1. The van der Waals surface area contributed by atoms with Crippen LogP contribution in [0.5, 0.6) is 5.75 Å². The van der Waals surface area contributed by atoms with Gasteiger partial charge in [0.2, 0.25) is 0 Å². The average Bonchev–Trinajstić information content (AvgIpc) is 3.48. The number of rotatable bonds is 8. The molecule has 1 unspecified atom stereocenters. The van der Waals surface area contributed by atoms with Crippen LogP contribution in [-0.2, 0) is 0 Å². The molecule has 0 saturated heterocycles. The summed E-state index contributed by atoms with van der Waals surface area (Å²) < 4.78 is 42.0. The number of nitrogens with one attached hydrogen (secondary N) is 1. The molecule has 4 rings (SSSR count). The molecule has 13 heteroatoms. The van der Waals surface area contributed by atoms with E-state index in [2.05, 4.69) is 40.9 Å². The number of thiazole rings is 1. The summed E-state index contributed by atoms with van der Waals surface area (Å²) in [4.78, 5) is 40.7. The van der Waals surface area contributed by atoms with Crippen LogP contribution in [0, 0.1) is 5.92 Å². The molecule has 0 radical (unpaired) electrons. The number of amides is 2. The van der Waals surface area contributed by atoms with Crippen molar-refractivity contribution < 1.29 is 27.5 Å². The zero-order valence-corrected chi connectivity index (χ0v) is 21.6. The van der Waals surface area contributed by atoms with E-state index in [0.717, 1.165) is 25.0 Å². The minimum Gasteiger partial charge on any atom is -0.406 e. The highest BCUT2D eigenvalue weighted by atomic mass is 79.9. The summed E-state index contributed by atoms with van der Waals surface area (Å²) in [6.45, 7) is 2.37. The molecule has 190 valence electrons. The Hall–Kier alpha value is -3.06. The first-order chi connectivity index (χ1) is 17.0. The predicted octanol–water partition coefficient (Wildman–Crippen LogP) is 5.23. The molecule has 2 heterocycles. The first-order valence-electron chi connectivity index (χ1n) is 10.9. The Morgan fingerprint density at radius 2 is 1.94 bits per heavy atom. The lowest BCUT2D eigenvalue weighted by molar-refractivity contribution is -0.274. The molecule has 1 saturated carbocycles. The molecule has 1 N–H and O–H groups in total. The van der Waals surface area contributed by atoms with E-state index in [9.17, 15) is 22.8 Å². The molecule has 2 aromatic heterocycles. The molecule has 0 aliphatic heterocycles. The molecule has 0 bridgehead atoms. The number of aromatic nitrogens is 3. The van der Waals surface area contributed by atoms with E-state index in [0.29, 0.717) is 33.7 Å². The van der Waals surface area contributed by atoms with Crippen molar-refractivity contribution in [1.29, 1.82) is 0 Å². The first-order valence-corrected chi connectivity index (χ1v) is 12.5. The average molecular weight is 584 g/mol. The van der Waals surface area contributed by atoms with Gasteiger partial charge in [0.05, 0.1) is 17.9 Å². The Bertz CT molecular complexity index is 1280. The van der Waals surface area contributed by atoms with Crippen molar-refractivity contribution in [1.82, 2.24) is 25.2 Å². The number of hydrogen-bond acceptors (Lipinski definition) is 7. The summed E-state index contributed by atoms with van der Waals surface area (Å²) in [5.74, 6) is -0.724. The van der Waals surface area contributed by atoms with E-state index >= 15 is 0 Å². The molecule has 1 atom stereocenters. The second-order valence-electron chi connectivity index (χ2n) is 8.37. The number of ether oxygens (including phenoxy) is 1. The predicted molar refractivity (Wildman–Crippen MR) is 130 cm³/mol. The van der Waals surface area contributed by atoms with Crippen LogP contribution in [0.15, 0.2) is 41.3 Å². The molecule has 0 spiro atoms. The summed E-state index contributed by atoms with van der Waals surface area (Å²) in [5, 5.41) is 3.18. The molecule has 3 aromatic rings. The quantitative estimate of drug-likeness (QED) is 0.390. The molecule has 8 nitrogen and oxygen atoms in total. The first kappa shape index (κ1) is 26.0. The fourth-order valence-corrected chi connectivity index (χ4v) is 4.89. The minimum atomic E-state index is -4.89. The van der Waals surface area contributed by atoms with Crippen LogP contribution in [-0.4, -0.2) is 51.6 Å². The molecule has 1 aliphatic rings. The highest BCUT2D eigenvalue weighted by Gasteiger charge is 2.32. The van der Waals surface area contributed by atoms with Crippen LogP contribution >= 0.6 is 27.3 Å². The summed E-state index contributed by atoms with van der Waals surface area (Å²) in [6, 6.07) is 2.81. The van der Waals surface area contributed by atoms with E-state index in [1.165, 1.54) is 36.0 Å². The molecular weight excluding hydrogens is 563 g/mol. The Kier molecular flexibility index (Phi) is 7.59. The summed E-state index contributed by atoms with van der Waals surface area (Å²) in [5.41, 5.74) is 0.753. The molecule has 2 amide bonds. The Morgan fingerprint density at radius 1 is 1.22 bits per heavy atom. The molecule has 1 aromatic carbocycles. The third-order valence-electron chi connectivity index (χ3n) is 5.35. The van der Waals surface area contributed by atoms with Gasteiger partial charge in [0, 0.05) is 36.0 Å². The Morgan fingerprint density at radius 3 is 2.64 bits per heavy atom.